The van der Waals surface area contributed by atoms with Crippen molar-refractivity contribution in [1.29, 1.82) is 0 Å². The van der Waals surface area contributed by atoms with E-state index in [1.54, 1.807) is 6.92 Å². The van der Waals surface area contributed by atoms with Gasteiger partial charge in [-0.25, -0.2) is 4.98 Å². The van der Waals surface area contributed by atoms with Crippen LogP contribution in [0.4, 0.5) is 0 Å². The molecule has 33 heavy (non-hydrogen) atoms. The predicted octanol–water partition coefficient (Wildman–Crippen LogP) is 6.29. The monoisotopic (exact) mass is 484 g/mol. The van der Waals surface area contributed by atoms with Crippen LogP contribution in [0.25, 0.3) is 10.9 Å². The van der Waals surface area contributed by atoms with Crippen LogP contribution in [0.3, 0.4) is 0 Å². The molecule has 174 valence electrons. The zero-order chi connectivity index (χ0) is 23.5. The van der Waals surface area contributed by atoms with Crippen LogP contribution in [0.5, 0.6) is 0 Å². The Morgan fingerprint density at radius 1 is 1.03 bits per heavy atom. The van der Waals surface area contributed by atoms with E-state index in [1.807, 2.05) is 61.5 Å². The number of fused-ring (bicyclic) bond motifs is 1. The first-order valence-corrected chi connectivity index (χ1v) is 13.2. The largest absolute Gasteiger partial charge is 0.466 e. The van der Waals surface area contributed by atoms with Crippen LogP contribution in [0.1, 0.15) is 32.3 Å². The van der Waals surface area contributed by atoms with Crippen LogP contribution in [-0.2, 0) is 25.3 Å². The Labute approximate surface area is 201 Å². The van der Waals surface area contributed by atoms with E-state index in [0.29, 0.717) is 18.8 Å². The first-order chi connectivity index (χ1) is 16.1. The van der Waals surface area contributed by atoms with Gasteiger partial charge in [0.05, 0.1) is 22.9 Å². The molecule has 0 spiro atoms. The third-order valence-corrected chi connectivity index (χ3v) is 7.88. The maximum atomic E-state index is 13.0. The highest BCUT2D eigenvalue weighted by Crippen LogP contribution is 2.41. The molecule has 1 aromatic heterocycles. The van der Waals surface area contributed by atoms with E-state index < -0.39 is 19.7 Å². The van der Waals surface area contributed by atoms with E-state index >= 15 is 0 Å². The van der Waals surface area contributed by atoms with E-state index in [4.69, 9.17) is 14.5 Å². The van der Waals surface area contributed by atoms with Crippen molar-refractivity contribution in [3.05, 3.63) is 72.3 Å². The van der Waals surface area contributed by atoms with Crippen molar-refractivity contribution in [2.75, 3.05) is 19.0 Å². The summed E-state index contributed by atoms with van der Waals surface area (Å²) in [5.41, 5.74) is 2.11. The Hall–Kier alpha value is -2.27. The maximum absolute atomic E-state index is 13.0. The average molecular weight is 485 g/mol. The number of thioether (sulfide) groups is 1. The van der Waals surface area contributed by atoms with Gasteiger partial charge in [0.15, 0.2) is 0 Å². The number of aromatic nitrogens is 1. The fourth-order valence-electron chi connectivity index (χ4n) is 3.88. The lowest BCUT2D eigenvalue weighted by Crippen LogP contribution is -2.43. The van der Waals surface area contributed by atoms with Crippen molar-refractivity contribution in [2.45, 2.75) is 43.5 Å². The summed E-state index contributed by atoms with van der Waals surface area (Å²) in [5.74, 6) is -0.623. The Morgan fingerprint density at radius 2 is 1.79 bits per heavy atom. The Kier molecular flexibility index (Phi) is 9.86. The molecule has 3 atom stereocenters. The predicted molar refractivity (Wildman–Crippen MR) is 135 cm³/mol. The lowest BCUT2D eigenvalue weighted by molar-refractivity contribution is -0.155. The van der Waals surface area contributed by atoms with Crippen LogP contribution in [-0.4, -0.2) is 35.3 Å². The second kappa shape index (κ2) is 12.8. The first kappa shape index (κ1) is 25.4. The van der Waals surface area contributed by atoms with Gasteiger partial charge in [-0.2, -0.15) is 0 Å². The zero-order valence-corrected chi connectivity index (χ0v) is 21.0. The van der Waals surface area contributed by atoms with E-state index in [1.165, 1.54) is 17.3 Å². The number of ether oxygens (including phenoxy) is 2. The quantitative estimate of drug-likeness (QED) is 0.161. The van der Waals surface area contributed by atoms with Crippen LogP contribution in [0.15, 0.2) is 71.8 Å². The Balaban J connectivity index is 1.79. The van der Waals surface area contributed by atoms with Gasteiger partial charge in [-0.15, -0.1) is 0 Å². The molecule has 0 saturated heterocycles. The molecule has 0 amide bonds. The summed E-state index contributed by atoms with van der Waals surface area (Å²) in [6, 6.07) is 22.1. The summed E-state index contributed by atoms with van der Waals surface area (Å²) >= 11 is 1.46. The minimum atomic E-state index is -1.13. The third-order valence-electron chi connectivity index (χ3n) is 5.52. The molecule has 0 fully saturated rings. The van der Waals surface area contributed by atoms with Crippen molar-refractivity contribution >= 4 is 37.1 Å². The maximum Gasteiger partial charge on any atom is 0.361 e. The molecule has 3 aromatic rings. The van der Waals surface area contributed by atoms with Gasteiger partial charge in [-0.1, -0.05) is 70.9 Å². The van der Waals surface area contributed by atoms with Crippen molar-refractivity contribution in [2.24, 2.45) is 5.92 Å². The summed E-state index contributed by atoms with van der Waals surface area (Å²) in [6.45, 7) is 4.28. The van der Waals surface area contributed by atoms with Crippen molar-refractivity contribution in [3.8, 4) is 0 Å². The number of aryl methyl sites for hydroxylation is 1. The number of rotatable bonds is 13. The summed E-state index contributed by atoms with van der Waals surface area (Å²) in [4.78, 5) is 17.7. The van der Waals surface area contributed by atoms with E-state index in [2.05, 4.69) is 12.1 Å². The van der Waals surface area contributed by atoms with Crippen LogP contribution in [0.2, 0.25) is 0 Å². The minimum absolute atomic E-state index is 0.275. The second-order valence-electron chi connectivity index (χ2n) is 7.74. The number of pyridine rings is 1. The van der Waals surface area contributed by atoms with Crippen LogP contribution in [0, 0.1) is 5.92 Å². The number of nitrogens with zero attached hydrogens (tertiary/aromatic N) is 1. The number of para-hydroxylation sites is 1. The molecule has 0 aliphatic carbocycles. The highest BCUT2D eigenvalue weighted by Gasteiger charge is 2.52. The number of benzene rings is 2. The molecule has 0 bridgehead atoms. The standard InChI is InChI=1S/C26H30NO4PS/c1-3-30-25(28)22(15-10-13-20-11-6-5-7-12-20)26(32-29,31-4-2)19-33-24-18-17-21-14-8-9-16-23(21)27-24/h5-9,11-12,14,16-18,22H,3-4,10,13,15,19H2,1-2H3/p+1. The fourth-order valence-corrected chi connectivity index (χ4v) is 5.91. The second-order valence-corrected chi connectivity index (χ2v) is 9.78. The summed E-state index contributed by atoms with van der Waals surface area (Å²) < 4.78 is 24.1. The van der Waals surface area contributed by atoms with Crippen molar-refractivity contribution in [3.63, 3.8) is 0 Å². The molecule has 0 N–H and O–H groups in total. The van der Waals surface area contributed by atoms with E-state index in [-0.39, 0.29) is 12.6 Å². The van der Waals surface area contributed by atoms with Gasteiger partial charge in [-0.05, 0) is 50.8 Å². The Bertz CT molecular complexity index is 1050. The van der Waals surface area contributed by atoms with Gasteiger partial charge in [0.2, 0.25) is 0 Å². The molecule has 0 radical (unpaired) electrons. The summed E-state index contributed by atoms with van der Waals surface area (Å²) in [6.07, 6.45) is 2.14. The van der Waals surface area contributed by atoms with Gasteiger partial charge in [0.1, 0.15) is 5.92 Å². The molecule has 3 unspecified atom stereocenters. The highest BCUT2D eigenvalue weighted by molar-refractivity contribution is 7.99. The van der Waals surface area contributed by atoms with Crippen LogP contribution < -0.4 is 0 Å². The van der Waals surface area contributed by atoms with Gasteiger partial charge in [-0.3, -0.25) is 4.79 Å². The molecule has 0 aliphatic rings. The molecule has 7 heteroatoms. The van der Waals surface area contributed by atoms with Crippen LogP contribution >= 0.6 is 20.2 Å². The highest BCUT2D eigenvalue weighted by atomic mass is 32.2. The molecular formula is C26H31NO4PS+. The van der Waals surface area contributed by atoms with Crippen molar-refractivity contribution < 1.29 is 18.8 Å². The molecule has 5 nitrogen and oxygen atoms in total. The third kappa shape index (κ3) is 6.86. The summed E-state index contributed by atoms with van der Waals surface area (Å²) in [5, 5.41) is 0.743. The fraction of sp³-hybridized carbons (Fsp3) is 0.385. The number of esters is 1. The van der Waals surface area contributed by atoms with E-state index in [0.717, 1.165) is 28.8 Å². The van der Waals surface area contributed by atoms with Crippen molar-refractivity contribution in [1.82, 2.24) is 4.98 Å². The topological polar surface area (TPSA) is 65.5 Å². The lowest BCUT2D eigenvalue weighted by Gasteiger charge is -2.28. The average Bonchev–Trinajstić information content (AvgIpc) is 2.85. The van der Waals surface area contributed by atoms with Gasteiger partial charge < -0.3 is 9.47 Å². The lowest BCUT2D eigenvalue weighted by atomic mass is 9.94. The Morgan fingerprint density at radius 3 is 2.52 bits per heavy atom. The van der Waals surface area contributed by atoms with E-state index in [9.17, 15) is 9.36 Å². The molecule has 2 aromatic carbocycles. The molecule has 1 heterocycles. The number of hydrogen-bond donors (Lipinski definition) is 0. The number of hydrogen-bond acceptors (Lipinski definition) is 6. The van der Waals surface area contributed by atoms with Gasteiger partial charge in [0, 0.05) is 12.0 Å². The minimum Gasteiger partial charge on any atom is -0.466 e. The molecule has 0 saturated carbocycles. The molecular weight excluding hydrogens is 453 g/mol. The smallest absolute Gasteiger partial charge is 0.361 e. The first-order valence-electron chi connectivity index (χ1n) is 11.3. The SMILES string of the molecule is CCOC(=O)C(CCCc1ccccc1)C(CSc1ccc2ccccc2n1)(OCC)[PH+]=O. The molecule has 0 aliphatic heterocycles. The number of carbonyl (C=O) groups is 1. The normalized spacial score (nSPS) is 14.1. The van der Waals surface area contributed by atoms with Gasteiger partial charge in [0.25, 0.3) is 5.34 Å². The van der Waals surface area contributed by atoms with Gasteiger partial charge >= 0.3 is 14.4 Å². The zero-order valence-electron chi connectivity index (χ0n) is 19.2. The number of carbonyl (C=O) groups excluding carboxylic acids is 1. The summed E-state index contributed by atoms with van der Waals surface area (Å²) in [7, 11) is -0.807. The molecule has 3 rings (SSSR count).